The minimum Gasteiger partial charge on any atom is -0.493 e. The fourth-order valence-corrected chi connectivity index (χ4v) is 3.44. The number of carbonyl (C=O) groups excluding carboxylic acids is 2. The van der Waals surface area contributed by atoms with E-state index in [1.807, 2.05) is 5.38 Å². The van der Waals surface area contributed by atoms with E-state index in [9.17, 15) is 14.0 Å². The van der Waals surface area contributed by atoms with E-state index in [0.717, 1.165) is 0 Å². The van der Waals surface area contributed by atoms with Gasteiger partial charge in [0.05, 0.1) is 19.8 Å². The number of halogens is 1. The summed E-state index contributed by atoms with van der Waals surface area (Å²) in [4.78, 5) is 25.6. The minimum absolute atomic E-state index is 0.278. The predicted octanol–water partition coefficient (Wildman–Crippen LogP) is 4.63. The van der Waals surface area contributed by atoms with Crippen molar-refractivity contribution in [1.29, 1.82) is 0 Å². The lowest BCUT2D eigenvalue weighted by Gasteiger charge is -2.11. The summed E-state index contributed by atoms with van der Waals surface area (Å²) >= 11 is 1.36. The molecule has 0 aliphatic rings. The van der Waals surface area contributed by atoms with Gasteiger partial charge in [-0.3, -0.25) is 4.79 Å². The van der Waals surface area contributed by atoms with Crippen molar-refractivity contribution in [3.63, 3.8) is 0 Å². The first kappa shape index (κ1) is 22.0. The molecule has 0 saturated carbocycles. The smallest absolute Gasteiger partial charge is 0.340 e. The molecule has 160 valence electrons. The van der Waals surface area contributed by atoms with E-state index in [4.69, 9.17) is 14.2 Å². The van der Waals surface area contributed by atoms with Crippen LogP contribution in [0.25, 0.3) is 11.6 Å². The molecule has 0 bridgehead atoms. The van der Waals surface area contributed by atoms with Crippen LogP contribution in [0.3, 0.4) is 0 Å². The molecule has 1 N–H and O–H groups in total. The topological polar surface area (TPSA) is 73.9 Å². The highest BCUT2D eigenvalue weighted by atomic mass is 32.1. The molecule has 3 aromatic rings. The van der Waals surface area contributed by atoms with Crippen molar-refractivity contribution in [3.05, 3.63) is 76.2 Å². The second kappa shape index (κ2) is 10.4. The van der Waals surface area contributed by atoms with E-state index < -0.39 is 18.5 Å². The largest absolute Gasteiger partial charge is 0.493 e. The SMILES string of the molecule is COc1ccc(NC(=O)COC(=O)C(=Cc2ccc(F)cc2)c2cccs2)cc1OC. The second-order valence-corrected chi connectivity index (χ2v) is 7.23. The standard InChI is InChI=1S/C23H20FNO5S/c1-28-19-10-9-17(13-20(19)29-2)25-22(26)14-30-23(27)18(21-4-3-11-31-21)12-15-5-7-16(24)8-6-15/h3-13H,14H2,1-2H3,(H,25,26). The number of hydrogen-bond acceptors (Lipinski definition) is 6. The van der Waals surface area contributed by atoms with Gasteiger partial charge >= 0.3 is 5.97 Å². The highest BCUT2D eigenvalue weighted by Crippen LogP contribution is 2.29. The summed E-state index contributed by atoms with van der Waals surface area (Å²) in [6, 6.07) is 14.2. The average Bonchev–Trinajstić information content (AvgIpc) is 3.31. The Morgan fingerprint density at radius 3 is 2.42 bits per heavy atom. The summed E-state index contributed by atoms with van der Waals surface area (Å²) < 4.78 is 28.7. The normalized spacial score (nSPS) is 11.0. The lowest BCUT2D eigenvalue weighted by atomic mass is 10.1. The molecule has 8 heteroatoms. The summed E-state index contributed by atoms with van der Waals surface area (Å²) in [5.74, 6) is -0.552. The Morgan fingerprint density at radius 1 is 1.03 bits per heavy atom. The minimum atomic E-state index is -0.658. The number of methoxy groups -OCH3 is 2. The Labute approximate surface area is 182 Å². The number of benzene rings is 2. The van der Waals surface area contributed by atoms with E-state index in [1.54, 1.807) is 48.5 Å². The molecule has 0 saturated heterocycles. The van der Waals surface area contributed by atoms with Crippen molar-refractivity contribution >= 4 is 40.5 Å². The van der Waals surface area contributed by atoms with Gasteiger partial charge in [-0.1, -0.05) is 18.2 Å². The van der Waals surface area contributed by atoms with Gasteiger partial charge in [0.15, 0.2) is 18.1 Å². The van der Waals surface area contributed by atoms with Crippen molar-refractivity contribution in [3.8, 4) is 11.5 Å². The summed E-state index contributed by atoms with van der Waals surface area (Å²) in [7, 11) is 3.00. The van der Waals surface area contributed by atoms with Crippen molar-refractivity contribution in [2.24, 2.45) is 0 Å². The first-order chi connectivity index (χ1) is 15.0. The number of rotatable bonds is 8. The maximum atomic E-state index is 13.2. The zero-order chi connectivity index (χ0) is 22.2. The zero-order valence-electron chi connectivity index (χ0n) is 16.9. The highest BCUT2D eigenvalue weighted by Gasteiger charge is 2.17. The van der Waals surface area contributed by atoms with Crippen LogP contribution in [-0.4, -0.2) is 32.7 Å². The molecule has 1 amide bonds. The van der Waals surface area contributed by atoms with Crippen LogP contribution >= 0.6 is 11.3 Å². The molecule has 0 fully saturated rings. The van der Waals surface area contributed by atoms with Crippen molar-refractivity contribution < 1.29 is 28.2 Å². The van der Waals surface area contributed by atoms with Crippen molar-refractivity contribution in [1.82, 2.24) is 0 Å². The van der Waals surface area contributed by atoms with Crippen LogP contribution in [0.4, 0.5) is 10.1 Å². The summed E-state index contributed by atoms with van der Waals surface area (Å²) in [6.45, 7) is -0.473. The third-order valence-corrected chi connectivity index (χ3v) is 5.09. The molecule has 0 spiro atoms. The van der Waals surface area contributed by atoms with E-state index in [-0.39, 0.29) is 11.4 Å². The fourth-order valence-electron chi connectivity index (χ4n) is 2.71. The number of ether oxygens (including phenoxy) is 3. The first-order valence-corrected chi connectivity index (χ1v) is 10.1. The molecule has 31 heavy (non-hydrogen) atoms. The van der Waals surface area contributed by atoms with Crippen LogP contribution in [0.2, 0.25) is 0 Å². The van der Waals surface area contributed by atoms with Gasteiger partial charge in [-0.15, -0.1) is 11.3 Å². The molecule has 0 aliphatic carbocycles. The molecule has 3 rings (SSSR count). The maximum absolute atomic E-state index is 13.2. The van der Waals surface area contributed by atoms with Crippen LogP contribution in [0.5, 0.6) is 11.5 Å². The quantitative estimate of drug-likeness (QED) is 0.408. The first-order valence-electron chi connectivity index (χ1n) is 9.20. The third kappa shape index (κ3) is 5.93. The summed E-state index contributed by atoms with van der Waals surface area (Å²) in [6.07, 6.45) is 1.60. The number of nitrogens with one attached hydrogen (secondary N) is 1. The molecular formula is C23H20FNO5S. The Hall–Kier alpha value is -3.65. The van der Waals surface area contributed by atoms with Gasteiger partial charge in [0, 0.05) is 16.6 Å². The van der Waals surface area contributed by atoms with Crippen LogP contribution in [0.15, 0.2) is 60.0 Å². The molecule has 0 atom stereocenters. The van der Waals surface area contributed by atoms with Crippen molar-refractivity contribution in [2.45, 2.75) is 0 Å². The van der Waals surface area contributed by atoms with Gasteiger partial charge in [0.2, 0.25) is 0 Å². The Morgan fingerprint density at radius 2 is 1.77 bits per heavy atom. The molecule has 1 heterocycles. The number of thiophene rings is 1. The Kier molecular flexibility index (Phi) is 7.40. The van der Waals surface area contributed by atoms with E-state index >= 15 is 0 Å². The highest BCUT2D eigenvalue weighted by molar-refractivity contribution is 7.11. The third-order valence-electron chi connectivity index (χ3n) is 4.19. The van der Waals surface area contributed by atoms with Gasteiger partial charge in [-0.25, -0.2) is 9.18 Å². The second-order valence-electron chi connectivity index (χ2n) is 6.28. The van der Waals surface area contributed by atoms with Crippen LogP contribution in [-0.2, 0) is 14.3 Å². The van der Waals surface area contributed by atoms with E-state index in [1.165, 1.54) is 37.7 Å². The fraction of sp³-hybridized carbons (Fsp3) is 0.130. The Bertz CT molecular complexity index is 1080. The monoisotopic (exact) mass is 441 g/mol. The van der Waals surface area contributed by atoms with Crippen LogP contribution in [0.1, 0.15) is 10.4 Å². The number of amides is 1. The lowest BCUT2D eigenvalue weighted by molar-refractivity contribution is -0.141. The van der Waals surface area contributed by atoms with Gasteiger partial charge in [0.1, 0.15) is 5.82 Å². The van der Waals surface area contributed by atoms with Crippen molar-refractivity contribution in [2.75, 3.05) is 26.1 Å². The number of hydrogen-bond donors (Lipinski definition) is 1. The summed E-state index contributed by atoms with van der Waals surface area (Å²) in [5, 5.41) is 4.47. The van der Waals surface area contributed by atoms with Gasteiger partial charge in [-0.2, -0.15) is 0 Å². The average molecular weight is 441 g/mol. The van der Waals surface area contributed by atoms with E-state index in [0.29, 0.717) is 27.6 Å². The molecular weight excluding hydrogens is 421 g/mol. The molecule has 2 aromatic carbocycles. The molecule has 0 radical (unpaired) electrons. The number of carbonyl (C=O) groups is 2. The van der Waals surface area contributed by atoms with Crippen LogP contribution in [0, 0.1) is 5.82 Å². The molecule has 1 aromatic heterocycles. The van der Waals surface area contributed by atoms with Gasteiger partial charge in [-0.05, 0) is 47.4 Å². The molecule has 6 nitrogen and oxygen atoms in total. The number of esters is 1. The lowest BCUT2D eigenvalue weighted by Crippen LogP contribution is -2.21. The van der Waals surface area contributed by atoms with Gasteiger partial charge in [0.25, 0.3) is 5.91 Å². The molecule has 0 unspecified atom stereocenters. The predicted molar refractivity (Wildman–Crippen MR) is 118 cm³/mol. The number of anilines is 1. The Balaban J connectivity index is 1.68. The van der Waals surface area contributed by atoms with Crippen LogP contribution < -0.4 is 14.8 Å². The van der Waals surface area contributed by atoms with Gasteiger partial charge < -0.3 is 19.5 Å². The summed E-state index contributed by atoms with van der Waals surface area (Å²) in [5.41, 5.74) is 1.39. The van der Waals surface area contributed by atoms with E-state index in [2.05, 4.69) is 5.32 Å². The zero-order valence-corrected chi connectivity index (χ0v) is 17.7. The molecule has 0 aliphatic heterocycles. The maximum Gasteiger partial charge on any atom is 0.340 e.